The first-order valence-corrected chi connectivity index (χ1v) is 7.79. The van der Waals surface area contributed by atoms with Crippen LogP contribution in [0.2, 0.25) is 0 Å². The molecule has 1 aromatic heterocycles. The molecule has 5 nitrogen and oxygen atoms in total. The molecule has 0 radical (unpaired) electrons. The predicted molar refractivity (Wildman–Crippen MR) is 79.9 cm³/mol. The maximum atomic E-state index is 12.2. The molecule has 0 saturated heterocycles. The Balaban J connectivity index is 1.91. The normalized spacial score (nSPS) is 25.8. The highest BCUT2D eigenvalue weighted by Crippen LogP contribution is 2.32. The lowest BCUT2D eigenvalue weighted by atomic mass is 9.76. The Morgan fingerprint density at radius 1 is 1.52 bits per heavy atom. The van der Waals surface area contributed by atoms with Crippen LogP contribution < -0.4 is 5.32 Å². The standard InChI is InChI=1S/C16H26N2O3/c1-11-5-4-8-16(9-11,10-19)17-15(20)7-6-14-12(2)18-21-13(14)3/h11,19H,4-10H2,1-3H3,(H,17,20). The number of nitrogens with zero attached hydrogens (tertiary/aromatic N) is 1. The van der Waals surface area contributed by atoms with Crippen LogP contribution in [0.4, 0.5) is 0 Å². The van der Waals surface area contributed by atoms with Gasteiger partial charge in [0.15, 0.2) is 0 Å². The van der Waals surface area contributed by atoms with E-state index in [0.29, 0.717) is 18.8 Å². The lowest BCUT2D eigenvalue weighted by Crippen LogP contribution is -2.53. The number of carbonyl (C=O) groups excluding carboxylic acids is 1. The molecule has 0 bridgehead atoms. The van der Waals surface area contributed by atoms with E-state index in [1.165, 1.54) is 6.42 Å². The van der Waals surface area contributed by atoms with Crippen LogP contribution in [-0.4, -0.2) is 28.3 Å². The van der Waals surface area contributed by atoms with Crippen molar-refractivity contribution < 1.29 is 14.4 Å². The van der Waals surface area contributed by atoms with Crippen LogP contribution in [0.3, 0.4) is 0 Å². The lowest BCUT2D eigenvalue weighted by Gasteiger charge is -2.39. The topological polar surface area (TPSA) is 75.4 Å². The highest BCUT2D eigenvalue weighted by Gasteiger charge is 2.35. The summed E-state index contributed by atoms with van der Waals surface area (Å²) in [6.45, 7) is 5.96. The zero-order valence-corrected chi connectivity index (χ0v) is 13.2. The number of aromatic nitrogens is 1. The molecule has 2 rings (SSSR count). The fourth-order valence-corrected chi connectivity index (χ4v) is 3.41. The van der Waals surface area contributed by atoms with Gasteiger partial charge in [0.05, 0.1) is 17.8 Å². The second-order valence-corrected chi connectivity index (χ2v) is 6.49. The van der Waals surface area contributed by atoms with Gasteiger partial charge in [0, 0.05) is 12.0 Å². The smallest absolute Gasteiger partial charge is 0.220 e. The fraction of sp³-hybridized carbons (Fsp3) is 0.750. The lowest BCUT2D eigenvalue weighted by molar-refractivity contribution is -0.124. The van der Waals surface area contributed by atoms with Gasteiger partial charge >= 0.3 is 0 Å². The molecule has 1 aliphatic carbocycles. The van der Waals surface area contributed by atoms with Crippen molar-refractivity contribution in [1.29, 1.82) is 0 Å². The van der Waals surface area contributed by atoms with E-state index >= 15 is 0 Å². The Bertz CT molecular complexity index is 478. The summed E-state index contributed by atoms with van der Waals surface area (Å²) >= 11 is 0. The Hall–Kier alpha value is -1.36. The molecule has 1 aliphatic rings. The highest BCUT2D eigenvalue weighted by molar-refractivity contribution is 5.77. The first-order chi connectivity index (χ1) is 9.96. The van der Waals surface area contributed by atoms with E-state index in [1.54, 1.807) is 0 Å². The zero-order valence-electron chi connectivity index (χ0n) is 13.2. The van der Waals surface area contributed by atoms with E-state index in [0.717, 1.165) is 36.3 Å². The number of aliphatic hydroxyl groups is 1. The maximum absolute atomic E-state index is 12.2. The molecule has 0 aliphatic heterocycles. The number of hydrogen-bond acceptors (Lipinski definition) is 4. The summed E-state index contributed by atoms with van der Waals surface area (Å²) in [5.41, 5.74) is 1.44. The molecule has 1 heterocycles. The largest absolute Gasteiger partial charge is 0.394 e. The Morgan fingerprint density at radius 3 is 2.86 bits per heavy atom. The minimum atomic E-state index is -0.423. The van der Waals surface area contributed by atoms with E-state index in [4.69, 9.17) is 4.52 Å². The van der Waals surface area contributed by atoms with Crippen molar-refractivity contribution in [3.05, 3.63) is 17.0 Å². The van der Waals surface area contributed by atoms with Crippen molar-refractivity contribution in [1.82, 2.24) is 10.5 Å². The average Bonchev–Trinajstić information content (AvgIpc) is 2.76. The summed E-state index contributed by atoms with van der Waals surface area (Å²) in [5.74, 6) is 1.33. The minimum absolute atomic E-state index is 0.00171. The van der Waals surface area contributed by atoms with E-state index in [9.17, 15) is 9.90 Å². The van der Waals surface area contributed by atoms with Crippen LogP contribution >= 0.6 is 0 Å². The predicted octanol–water partition coefficient (Wildman–Crippen LogP) is 2.28. The summed E-state index contributed by atoms with van der Waals surface area (Å²) in [4.78, 5) is 12.2. The van der Waals surface area contributed by atoms with E-state index in [1.807, 2.05) is 13.8 Å². The molecule has 2 atom stereocenters. The monoisotopic (exact) mass is 294 g/mol. The van der Waals surface area contributed by atoms with Crippen molar-refractivity contribution in [3.8, 4) is 0 Å². The van der Waals surface area contributed by atoms with Gasteiger partial charge in [-0.15, -0.1) is 0 Å². The first kappa shape index (κ1) is 16.0. The number of carbonyl (C=O) groups is 1. The van der Waals surface area contributed by atoms with Gasteiger partial charge in [-0.25, -0.2) is 0 Å². The molecular weight excluding hydrogens is 268 g/mol. The second kappa shape index (κ2) is 6.60. The van der Waals surface area contributed by atoms with Gasteiger partial charge in [0.2, 0.25) is 5.91 Å². The molecule has 0 aromatic carbocycles. The minimum Gasteiger partial charge on any atom is -0.394 e. The second-order valence-electron chi connectivity index (χ2n) is 6.49. The third kappa shape index (κ3) is 3.84. The van der Waals surface area contributed by atoms with Crippen molar-refractivity contribution in [2.24, 2.45) is 5.92 Å². The van der Waals surface area contributed by atoms with Gasteiger partial charge in [-0.1, -0.05) is 24.9 Å². The van der Waals surface area contributed by atoms with Crippen molar-refractivity contribution in [2.75, 3.05) is 6.61 Å². The number of aryl methyl sites for hydroxylation is 2. The van der Waals surface area contributed by atoms with Gasteiger partial charge in [0.25, 0.3) is 0 Å². The fourth-order valence-electron chi connectivity index (χ4n) is 3.41. The van der Waals surface area contributed by atoms with Crippen LogP contribution in [0.15, 0.2) is 4.52 Å². The van der Waals surface area contributed by atoms with Gasteiger partial charge in [-0.3, -0.25) is 4.79 Å². The van der Waals surface area contributed by atoms with Gasteiger partial charge in [-0.05, 0) is 39.0 Å². The molecule has 5 heteroatoms. The number of hydrogen-bond donors (Lipinski definition) is 2. The summed E-state index contributed by atoms with van der Waals surface area (Å²) in [5, 5.41) is 16.7. The van der Waals surface area contributed by atoms with Crippen LogP contribution in [-0.2, 0) is 11.2 Å². The molecule has 1 saturated carbocycles. The maximum Gasteiger partial charge on any atom is 0.220 e. The van der Waals surface area contributed by atoms with Crippen molar-refractivity contribution >= 4 is 5.91 Å². The molecule has 0 spiro atoms. The third-order valence-corrected chi connectivity index (χ3v) is 4.58. The summed E-state index contributed by atoms with van der Waals surface area (Å²) in [6, 6.07) is 0. The average molecular weight is 294 g/mol. The number of nitrogens with one attached hydrogen (secondary N) is 1. The summed E-state index contributed by atoms with van der Waals surface area (Å²) in [6.07, 6.45) is 5.00. The molecule has 2 N–H and O–H groups in total. The molecule has 118 valence electrons. The summed E-state index contributed by atoms with van der Waals surface area (Å²) < 4.78 is 5.11. The van der Waals surface area contributed by atoms with Crippen molar-refractivity contribution in [2.45, 2.75) is 64.8 Å². The van der Waals surface area contributed by atoms with Crippen LogP contribution in [0, 0.1) is 19.8 Å². The summed E-state index contributed by atoms with van der Waals surface area (Å²) in [7, 11) is 0. The van der Waals surface area contributed by atoms with Crippen LogP contribution in [0.25, 0.3) is 0 Å². The molecule has 2 unspecified atom stereocenters. The Labute approximate surface area is 126 Å². The quantitative estimate of drug-likeness (QED) is 0.873. The molecule has 1 amide bonds. The molecule has 1 aromatic rings. The number of rotatable bonds is 5. The molecular formula is C16H26N2O3. The van der Waals surface area contributed by atoms with Crippen LogP contribution in [0.5, 0.6) is 0 Å². The SMILES string of the molecule is Cc1noc(C)c1CCC(=O)NC1(CO)CCCC(C)C1. The zero-order chi connectivity index (χ0) is 15.5. The van der Waals surface area contributed by atoms with Gasteiger partial charge < -0.3 is 14.9 Å². The number of amides is 1. The number of aliphatic hydroxyl groups excluding tert-OH is 1. The van der Waals surface area contributed by atoms with E-state index in [2.05, 4.69) is 17.4 Å². The molecule has 21 heavy (non-hydrogen) atoms. The Kier molecular flexibility index (Phi) is 5.04. The van der Waals surface area contributed by atoms with Gasteiger partial charge in [0.1, 0.15) is 5.76 Å². The molecule has 1 fully saturated rings. The Morgan fingerprint density at radius 2 is 2.29 bits per heavy atom. The van der Waals surface area contributed by atoms with Crippen LogP contribution in [0.1, 0.15) is 56.0 Å². The van der Waals surface area contributed by atoms with Gasteiger partial charge in [-0.2, -0.15) is 0 Å². The first-order valence-electron chi connectivity index (χ1n) is 7.79. The van der Waals surface area contributed by atoms with E-state index in [-0.39, 0.29) is 12.5 Å². The van der Waals surface area contributed by atoms with E-state index < -0.39 is 5.54 Å². The van der Waals surface area contributed by atoms with Crippen molar-refractivity contribution in [3.63, 3.8) is 0 Å². The third-order valence-electron chi connectivity index (χ3n) is 4.58. The highest BCUT2D eigenvalue weighted by atomic mass is 16.5.